The minimum absolute atomic E-state index is 0.0178. The van der Waals surface area contributed by atoms with E-state index >= 15 is 0 Å². The van der Waals surface area contributed by atoms with Gasteiger partial charge in [-0.3, -0.25) is 9.69 Å². The maximum atomic E-state index is 12.8. The SMILES string of the molecule is O=C(Nc1cccc(C(F)(F)F)c1)N1C=CC(=O)N(Cc2c(Cl)cccc2Cl)C1. The van der Waals surface area contributed by atoms with Crippen LogP contribution in [0.15, 0.2) is 54.7 Å². The molecule has 0 aliphatic carbocycles. The molecular weight excluding hydrogens is 430 g/mol. The minimum atomic E-state index is -4.52. The van der Waals surface area contributed by atoms with E-state index in [2.05, 4.69) is 5.32 Å². The highest BCUT2D eigenvalue weighted by Gasteiger charge is 2.31. The van der Waals surface area contributed by atoms with Crippen LogP contribution in [-0.4, -0.2) is 28.4 Å². The van der Waals surface area contributed by atoms with E-state index in [1.165, 1.54) is 29.3 Å². The fourth-order valence-electron chi connectivity index (χ4n) is 2.66. The average molecular weight is 444 g/mol. The van der Waals surface area contributed by atoms with E-state index in [0.29, 0.717) is 15.6 Å². The summed E-state index contributed by atoms with van der Waals surface area (Å²) in [5, 5.41) is 3.14. The molecule has 3 amide bonds. The van der Waals surface area contributed by atoms with Crippen molar-refractivity contribution in [1.29, 1.82) is 0 Å². The van der Waals surface area contributed by atoms with E-state index in [0.717, 1.165) is 17.0 Å². The largest absolute Gasteiger partial charge is 0.416 e. The number of hydrogen-bond acceptors (Lipinski definition) is 2. The molecule has 2 aromatic carbocycles. The van der Waals surface area contributed by atoms with Crippen LogP contribution in [0.1, 0.15) is 11.1 Å². The van der Waals surface area contributed by atoms with Crippen LogP contribution < -0.4 is 5.32 Å². The number of nitrogens with one attached hydrogen (secondary N) is 1. The molecule has 0 atom stereocenters. The van der Waals surface area contributed by atoms with Crippen LogP contribution >= 0.6 is 23.2 Å². The lowest BCUT2D eigenvalue weighted by Crippen LogP contribution is -2.45. The van der Waals surface area contributed by atoms with Crippen molar-refractivity contribution in [1.82, 2.24) is 9.80 Å². The Morgan fingerprint density at radius 3 is 2.41 bits per heavy atom. The average Bonchev–Trinajstić information content (AvgIpc) is 2.65. The number of amides is 3. The summed E-state index contributed by atoms with van der Waals surface area (Å²) in [6, 6.07) is 8.51. The fraction of sp³-hybridized carbons (Fsp3) is 0.158. The summed E-state index contributed by atoms with van der Waals surface area (Å²) >= 11 is 12.3. The molecule has 2 aromatic rings. The smallest absolute Gasteiger partial charge is 0.316 e. The summed E-state index contributed by atoms with van der Waals surface area (Å²) in [4.78, 5) is 27.1. The summed E-state index contributed by atoms with van der Waals surface area (Å²) in [5.74, 6) is -0.357. The van der Waals surface area contributed by atoms with Crippen LogP contribution in [0.4, 0.5) is 23.7 Å². The van der Waals surface area contributed by atoms with Gasteiger partial charge in [-0.05, 0) is 30.3 Å². The van der Waals surface area contributed by atoms with Gasteiger partial charge in [0.05, 0.1) is 12.1 Å². The number of halogens is 5. The van der Waals surface area contributed by atoms with E-state index in [4.69, 9.17) is 23.2 Å². The molecule has 1 aliphatic rings. The van der Waals surface area contributed by atoms with Crippen molar-refractivity contribution in [2.75, 3.05) is 12.0 Å². The molecular formula is C19H14Cl2F3N3O2. The van der Waals surface area contributed by atoms with E-state index in [9.17, 15) is 22.8 Å². The molecule has 0 saturated heterocycles. The Labute approximate surface area is 174 Å². The first-order chi connectivity index (χ1) is 13.6. The molecule has 0 spiro atoms. The van der Waals surface area contributed by atoms with E-state index in [1.807, 2.05) is 0 Å². The van der Waals surface area contributed by atoms with E-state index < -0.39 is 17.8 Å². The topological polar surface area (TPSA) is 52.7 Å². The Bertz CT molecular complexity index is 959. The first kappa shape index (κ1) is 21.0. The number of benzene rings is 2. The predicted molar refractivity (Wildman–Crippen MR) is 103 cm³/mol. The van der Waals surface area contributed by atoms with Gasteiger partial charge in [0, 0.05) is 33.6 Å². The van der Waals surface area contributed by atoms with Gasteiger partial charge in [0.2, 0.25) is 5.91 Å². The van der Waals surface area contributed by atoms with Crippen molar-refractivity contribution < 1.29 is 22.8 Å². The summed E-state index contributed by atoms with van der Waals surface area (Å²) in [7, 11) is 0. The molecule has 0 aromatic heterocycles. The Morgan fingerprint density at radius 2 is 1.76 bits per heavy atom. The van der Waals surface area contributed by atoms with Crippen LogP contribution in [0.2, 0.25) is 10.0 Å². The van der Waals surface area contributed by atoms with Gasteiger partial charge in [-0.25, -0.2) is 4.79 Å². The van der Waals surface area contributed by atoms with Gasteiger partial charge < -0.3 is 10.2 Å². The number of carbonyl (C=O) groups is 2. The molecule has 0 bridgehead atoms. The molecule has 0 radical (unpaired) electrons. The summed E-state index contributed by atoms with van der Waals surface area (Å²) < 4.78 is 38.5. The second-order valence-corrected chi connectivity index (χ2v) is 6.99. The molecule has 29 heavy (non-hydrogen) atoms. The standard InChI is InChI=1S/C19H14Cl2F3N3O2/c20-15-5-2-6-16(21)14(15)10-27-11-26(8-7-17(27)28)18(29)25-13-4-1-3-12(9-13)19(22,23)24/h1-9H,10-11H2,(H,25,29). The minimum Gasteiger partial charge on any atom is -0.316 e. The van der Waals surface area contributed by atoms with Gasteiger partial charge in [-0.15, -0.1) is 0 Å². The Hall–Kier alpha value is -2.71. The lowest BCUT2D eigenvalue weighted by Gasteiger charge is -2.31. The monoisotopic (exact) mass is 443 g/mol. The highest BCUT2D eigenvalue weighted by atomic mass is 35.5. The molecule has 10 heteroatoms. The third-order valence-corrected chi connectivity index (χ3v) is 4.85. The fourth-order valence-corrected chi connectivity index (χ4v) is 3.18. The third kappa shape index (κ3) is 5.02. The van der Waals surface area contributed by atoms with Crippen LogP contribution in [-0.2, 0) is 17.5 Å². The lowest BCUT2D eigenvalue weighted by molar-refractivity contribution is -0.137. The number of anilines is 1. The van der Waals surface area contributed by atoms with Crippen LogP contribution in [0.3, 0.4) is 0 Å². The molecule has 1 aliphatic heterocycles. The molecule has 0 saturated carbocycles. The van der Waals surface area contributed by atoms with Crippen LogP contribution in [0.5, 0.6) is 0 Å². The van der Waals surface area contributed by atoms with Gasteiger partial charge in [0.1, 0.15) is 6.67 Å². The first-order valence-corrected chi connectivity index (χ1v) is 9.05. The summed E-state index contributed by atoms with van der Waals surface area (Å²) in [6.45, 7) is -0.0588. The molecule has 1 N–H and O–H groups in total. The zero-order valence-electron chi connectivity index (χ0n) is 14.7. The van der Waals surface area contributed by atoms with Gasteiger partial charge in [-0.2, -0.15) is 13.2 Å². The zero-order valence-corrected chi connectivity index (χ0v) is 16.2. The Balaban J connectivity index is 1.72. The van der Waals surface area contributed by atoms with Crippen LogP contribution in [0.25, 0.3) is 0 Å². The molecule has 1 heterocycles. The van der Waals surface area contributed by atoms with Gasteiger partial charge in [-0.1, -0.05) is 35.3 Å². The van der Waals surface area contributed by atoms with Crippen molar-refractivity contribution >= 4 is 40.8 Å². The number of nitrogens with zero attached hydrogens (tertiary/aromatic N) is 2. The summed E-state index contributed by atoms with van der Waals surface area (Å²) in [6.07, 6.45) is -2.08. The molecule has 152 valence electrons. The highest BCUT2D eigenvalue weighted by Crippen LogP contribution is 2.31. The first-order valence-electron chi connectivity index (χ1n) is 8.30. The van der Waals surface area contributed by atoms with Crippen LogP contribution in [0, 0.1) is 0 Å². The lowest BCUT2D eigenvalue weighted by atomic mass is 10.2. The number of hydrogen-bond donors (Lipinski definition) is 1. The number of carbonyl (C=O) groups excluding carboxylic acids is 2. The predicted octanol–water partition coefficient (Wildman–Crippen LogP) is 5.36. The van der Waals surface area contributed by atoms with Gasteiger partial charge in [0.15, 0.2) is 0 Å². The van der Waals surface area contributed by atoms with Gasteiger partial charge >= 0.3 is 12.2 Å². The van der Waals surface area contributed by atoms with Crippen molar-refractivity contribution in [2.45, 2.75) is 12.7 Å². The Kier molecular flexibility index (Phi) is 6.04. The van der Waals surface area contributed by atoms with Crippen molar-refractivity contribution in [3.8, 4) is 0 Å². The second kappa shape index (κ2) is 8.34. The van der Waals surface area contributed by atoms with E-state index in [1.54, 1.807) is 18.2 Å². The number of alkyl halides is 3. The maximum absolute atomic E-state index is 12.8. The summed E-state index contributed by atoms with van der Waals surface area (Å²) in [5.41, 5.74) is -0.372. The maximum Gasteiger partial charge on any atom is 0.416 e. The number of rotatable bonds is 3. The van der Waals surface area contributed by atoms with Crippen molar-refractivity contribution in [3.63, 3.8) is 0 Å². The molecule has 5 nitrogen and oxygen atoms in total. The molecule has 0 unspecified atom stereocenters. The molecule has 3 rings (SSSR count). The zero-order chi connectivity index (χ0) is 21.2. The quantitative estimate of drug-likeness (QED) is 0.693. The van der Waals surface area contributed by atoms with Crippen molar-refractivity contribution in [2.24, 2.45) is 0 Å². The second-order valence-electron chi connectivity index (χ2n) is 6.17. The Morgan fingerprint density at radius 1 is 1.10 bits per heavy atom. The van der Waals surface area contributed by atoms with Crippen molar-refractivity contribution in [3.05, 3.63) is 75.9 Å². The molecule has 0 fully saturated rings. The highest BCUT2D eigenvalue weighted by molar-refractivity contribution is 6.36. The normalized spacial score (nSPS) is 14.3. The van der Waals surface area contributed by atoms with E-state index in [-0.39, 0.29) is 24.8 Å². The number of urea groups is 1. The third-order valence-electron chi connectivity index (χ3n) is 4.14. The van der Waals surface area contributed by atoms with Gasteiger partial charge in [0.25, 0.3) is 0 Å².